The molecule has 5 N–H and O–H groups in total. The third-order valence-electron chi connectivity index (χ3n) is 11.6. The van der Waals surface area contributed by atoms with Crippen molar-refractivity contribution in [2.24, 2.45) is 33.6 Å². The van der Waals surface area contributed by atoms with E-state index in [1.54, 1.807) is 6.08 Å². The van der Waals surface area contributed by atoms with Crippen LogP contribution in [0.5, 0.6) is 0 Å². The lowest BCUT2D eigenvalue weighted by Gasteiger charge is -2.65. The van der Waals surface area contributed by atoms with Gasteiger partial charge in [0, 0.05) is 55.7 Å². The molecule has 0 aromatic rings. The fraction of sp³-hybridized carbons (Fsp3) is 0.867. The maximum Gasteiger partial charge on any atom is 0.331 e. The van der Waals surface area contributed by atoms with Crippen LogP contribution in [0.1, 0.15) is 71.1 Å². The highest BCUT2D eigenvalue weighted by Gasteiger charge is 2.71. The quantitative estimate of drug-likeness (QED) is 0.157. The van der Waals surface area contributed by atoms with Crippen LogP contribution in [-0.4, -0.2) is 106 Å². The third-order valence-corrected chi connectivity index (χ3v) is 11.6. The van der Waals surface area contributed by atoms with Crippen LogP contribution in [0, 0.1) is 28.6 Å². The van der Waals surface area contributed by atoms with Crippen LogP contribution in [0.15, 0.2) is 16.6 Å². The maximum atomic E-state index is 12.5. The van der Waals surface area contributed by atoms with Gasteiger partial charge in [-0.25, -0.2) is 4.79 Å². The second-order valence-electron chi connectivity index (χ2n) is 13.2. The van der Waals surface area contributed by atoms with Gasteiger partial charge in [0.15, 0.2) is 0 Å². The molecule has 4 fully saturated rings. The third kappa shape index (κ3) is 4.81. The van der Waals surface area contributed by atoms with E-state index in [0.29, 0.717) is 64.8 Å². The van der Waals surface area contributed by atoms with Crippen LogP contribution in [-0.2, 0) is 9.53 Å². The molecule has 0 radical (unpaired) electrons. The number of hydrogen-bond acceptors (Lipinski definition) is 9. The first kappa shape index (κ1) is 29.1. The molecule has 0 aromatic heterocycles. The molecular weight excluding hydrogens is 500 g/mol. The number of aliphatic hydroxyl groups is 5. The summed E-state index contributed by atoms with van der Waals surface area (Å²) in [4.78, 5) is 18.7. The first-order valence-corrected chi connectivity index (χ1v) is 15.1. The zero-order chi connectivity index (χ0) is 27.9. The van der Waals surface area contributed by atoms with Gasteiger partial charge in [0.1, 0.15) is 6.61 Å². The van der Waals surface area contributed by atoms with Crippen molar-refractivity contribution in [3.05, 3.63) is 11.6 Å². The molecule has 1 heterocycles. The monoisotopic (exact) mass is 548 g/mol. The van der Waals surface area contributed by atoms with Gasteiger partial charge in [-0.2, -0.15) is 0 Å². The Hall–Kier alpha value is -1.36. The summed E-state index contributed by atoms with van der Waals surface area (Å²) >= 11 is 0. The Bertz CT molecular complexity index is 967. The SMILES string of the molecule is CC12CCC3C(CCC4(O)CC(O)CCC34C=NCCCN(CCO)CCO)C1(O)CCC2C1=CC(=O)OC1. The van der Waals surface area contributed by atoms with E-state index in [9.17, 15) is 30.3 Å². The van der Waals surface area contributed by atoms with Crippen molar-refractivity contribution >= 4 is 12.2 Å². The summed E-state index contributed by atoms with van der Waals surface area (Å²) in [7, 11) is 0. The molecular formula is C30H48N2O7. The maximum absolute atomic E-state index is 12.5. The zero-order valence-corrected chi connectivity index (χ0v) is 23.4. The molecule has 4 saturated carbocycles. The first-order chi connectivity index (χ1) is 18.6. The van der Waals surface area contributed by atoms with Gasteiger partial charge in [-0.15, -0.1) is 0 Å². The Kier molecular flexibility index (Phi) is 8.32. The van der Waals surface area contributed by atoms with Crippen LogP contribution in [0.3, 0.4) is 0 Å². The summed E-state index contributed by atoms with van der Waals surface area (Å²) in [6.45, 7) is 4.96. The van der Waals surface area contributed by atoms with Gasteiger partial charge in [0.05, 0.1) is 30.5 Å². The van der Waals surface area contributed by atoms with Gasteiger partial charge in [-0.1, -0.05) is 6.92 Å². The molecule has 1 aliphatic heterocycles. The largest absolute Gasteiger partial charge is 0.458 e. The predicted molar refractivity (Wildman–Crippen MR) is 146 cm³/mol. The molecule has 0 amide bonds. The predicted octanol–water partition coefficient (Wildman–Crippen LogP) is 1.45. The van der Waals surface area contributed by atoms with E-state index in [4.69, 9.17) is 9.73 Å². The minimum atomic E-state index is -1.05. The van der Waals surface area contributed by atoms with Crippen molar-refractivity contribution in [2.75, 3.05) is 46.0 Å². The standard InChI is InChI=1S/C30H48N2O7/c1-27-7-4-24-25(30(27,38)10-6-23(27)21-17-26(36)39-19-21)5-9-29(37)18-22(35)3-8-28(24,29)20-31-11-2-12-32(13-15-33)14-16-34/h17,20,22-25,33-35,37-38H,2-16,18-19H2,1H3. The molecule has 0 bridgehead atoms. The van der Waals surface area contributed by atoms with E-state index in [-0.39, 0.29) is 42.4 Å². The molecule has 220 valence electrons. The van der Waals surface area contributed by atoms with E-state index < -0.39 is 22.7 Å². The Morgan fingerprint density at radius 3 is 2.46 bits per heavy atom. The zero-order valence-electron chi connectivity index (χ0n) is 23.4. The summed E-state index contributed by atoms with van der Waals surface area (Å²) in [6, 6.07) is 0. The summed E-state index contributed by atoms with van der Waals surface area (Å²) < 4.78 is 5.24. The Labute approximate surface area is 232 Å². The average molecular weight is 549 g/mol. The highest BCUT2D eigenvalue weighted by atomic mass is 16.5. The molecule has 4 aliphatic carbocycles. The van der Waals surface area contributed by atoms with E-state index in [2.05, 4.69) is 6.92 Å². The van der Waals surface area contributed by atoms with Crippen molar-refractivity contribution in [3.8, 4) is 0 Å². The number of cyclic esters (lactones) is 1. The normalized spacial score (nSPS) is 43.8. The second-order valence-corrected chi connectivity index (χ2v) is 13.2. The lowest BCUT2D eigenvalue weighted by Crippen LogP contribution is -2.68. The molecule has 9 nitrogen and oxygen atoms in total. The minimum Gasteiger partial charge on any atom is -0.458 e. The van der Waals surface area contributed by atoms with Crippen molar-refractivity contribution in [2.45, 2.75) is 88.4 Å². The van der Waals surface area contributed by atoms with Crippen LogP contribution >= 0.6 is 0 Å². The van der Waals surface area contributed by atoms with Gasteiger partial charge in [-0.3, -0.25) is 9.89 Å². The number of aliphatic imine (C=N–C) groups is 1. The van der Waals surface area contributed by atoms with Gasteiger partial charge < -0.3 is 30.3 Å². The Balaban J connectivity index is 1.38. The number of aliphatic hydroxyl groups excluding tert-OH is 3. The number of rotatable bonds is 10. The highest BCUT2D eigenvalue weighted by Crippen LogP contribution is 2.70. The fourth-order valence-electron chi connectivity index (χ4n) is 9.59. The molecule has 8 atom stereocenters. The summed E-state index contributed by atoms with van der Waals surface area (Å²) in [6.07, 6.45) is 9.94. The van der Waals surface area contributed by atoms with E-state index in [0.717, 1.165) is 37.8 Å². The average Bonchev–Trinajstić information content (AvgIpc) is 3.43. The number of nitrogens with zero attached hydrogens (tertiary/aromatic N) is 2. The van der Waals surface area contributed by atoms with Crippen molar-refractivity contribution < 1.29 is 35.1 Å². The molecule has 0 spiro atoms. The van der Waals surface area contributed by atoms with Crippen molar-refractivity contribution in [1.29, 1.82) is 0 Å². The van der Waals surface area contributed by atoms with Gasteiger partial charge in [0.25, 0.3) is 0 Å². The Morgan fingerprint density at radius 1 is 1.03 bits per heavy atom. The van der Waals surface area contributed by atoms with E-state index >= 15 is 0 Å². The van der Waals surface area contributed by atoms with Crippen molar-refractivity contribution in [3.63, 3.8) is 0 Å². The fourth-order valence-corrected chi connectivity index (χ4v) is 9.59. The number of esters is 1. The number of hydrogen-bond donors (Lipinski definition) is 5. The van der Waals surface area contributed by atoms with Crippen molar-refractivity contribution in [1.82, 2.24) is 4.90 Å². The molecule has 39 heavy (non-hydrogen) atoms. The van der Waals surface area contributed by atoms with Crippen LogP contribution in [0.25, 0.3) is 0 Å². The highest BCUT2D eigenvalue weighted by molar-refractivity contribution is 5.85. The summed E-state index contributed by atoms with van der Waals surface area (Å²) in [5.74, 6) is -0.0759. The van der Waals surface area contributed by atoms with Crippen LogP contribution < -0.4 is 0 Å². The smallest absolute Gasteiger partial charge is 0.331 e. The number of ether oxygens (including phenoxy) is 1. The number of fused-ring (bicyclic) bond motifs is 5. The molecule has 5 aliphatic rings. The molecule has 0 aromatic carbocycles. The first-order valence-electron chi connectivity index (χ1n) is 15.1. The van der Waals surface area contributed by atoms with E-state index in [1.165, 1.54) is 0 Å². The van der Waals surface area contributed by atoms with E-state index in [1.807, 2.05) is 11.1 Å². The van der Waals surface area contributed by atoms with Gasteiger partial charge >= 0.3 is 5.97 Å². The molecule has 9 heteroatoms. The lowest BCUT2D eigenvalue weighted by molar-refractivity contribution is -0.237. The number of carbonyl (C=O) groups is 1. The molecule has 5 rings (SSSR count). The van der Waals surface area contributed by atoms with Crippen LogP contribution in [0.4, 0.5) is 0 Å². The summed E-state index contributed by atoms with van der Waals surface area (Å²) in [5.41, 5.74) is -1.87. The van der Waals surface area contributed by atoms with Gasteiger partial charge in [-0.05, 0) is 81.1 Å². The molecule has 0 saturated heterocycles. The lowest BCUT2D eigenvalue weighted by atomic mass is 9.41. The van der Waals surface area contributed by atoms with Gasteiger partial charge in [0.2, 0.25) is 0 Å². The molecule has 8 unspecified atom stereocenters. The number of carbonyl (C=O) groups excluding carboxylic acids is 1. The Morgan fingerprint density at radius 2 is 1.77 bits per heavy atom. The topological polar surface area (TPSA) is 143 Å². The second kappa shape index (κ2) is 11.1. The minimum absolute atomic E-state index is 0.0199. The summed E-state index contributed by atoms with van der Waals surface area (Å²) in [5, 5.41) is 53.7. The van der Waals surface area contributed by atoms with Crippen LogP contribution in [0.2, 0.25) is 0 Å².